The summed E-state index contributed by atoms with van der Waals surface area (Å²) in [6.45, 7) is 2.60. The van der Waals surface area contributed by atoms with Crippen molar-refractivity contribution in [1.82, 2.24) is 10.6 Å². The topological polar surface area (TPSA) is 95.7 Å². The van der Waals surface area contributed by atoms with Gasteiger partial charge in [-0.25, -0.2) is 0 Å². The molecule has 3 atom stereocenters. The van der Waals surface area contributed by atoms with E-state index >= 15 is 0 Å². The molecule has 3 unspecified atom stereocenters. The van der Waals surface area contributed by atoms with Crippen LogP contribution in [0.15, 0.2) is 52.1 Å². The number of nitrogens with zero attached hydrogens (tertiary/aromatic N) is 1. The highest BCUT2D eigenvalue weighted by molar-refractivity contribution is 7.85. The van der Waals surface area contributed by atoms with Crippen molar-refractivity contribution in [2.75, 3.05) is 18.1 Å². The van der Waals surface area contributed by atoms with Gasteiger partial charge < -0.3 is 20.4 Å². The summed E-state index contributed by atoms with van der Waals surface area (Å²) in [7, 11) is 1.02. The number of guanidine groups is 1. The van der Waals surface area contributed by atoms with Crippen LogP contribution >= 0.6 is 0 Å². The second-order valence-corrected chi connectivity index (χ2v) is 9.36. The lowest BCUT2D eigenvalue weighted by molar-refractivity contribution is 0.0996. The number of carbonyl (C=O) groups excluding carboxylic acids is 1. The molecule has 3 rings (SSSR count). The van der Waals surface area contributed by atoms with Gasteiger partial charge in [0, 0.05) is 47.1 Å². The highest BCUT2D eigenvalue weighted by atomic mass is 32.2. The zero-order chi connectivity index (χ0) is 21.3. The molecule has 1 aliphatic carbocycles. The summed E-state index contributed by atoms with van der Waals surface area (Å²) < 4.78 is 17.2. The Hall–Kier alpha value is -2.61. The van der Waals surface area contributed by atoms with Crippen molar-refractivity contribution in [3.63, 3.8) is 0 Å². The lowest BCUT2D eigenvalue weighted by Gasteiger charge is -2.30. The van der Waals surface area contributed by atoms with Crippen molar-refractivity contribution in [1.29, 1.82) is 0 Å². The van der Waals surface area contributed by atoms with Crippen molar-refractivity contribution >= 4 is 28.4 Å². The molecule has 7 nitrogen and oxygen atoms in total. The minimum atomic E-state index is -0.737. The quantitative estimate of drug-likeness (QED) is 0.463. The molecule has 1 amide bonds. The summed E-state index contributed by atoms with van der Waals surface area (Å²) in [4.78, 5) is 16.4. The fourth-order valence-electron chi connectivity index (χ4n) is 3.63. The van der Waals surface area contributed by atoms with Gasteiger partial charge in [-0.2, -0.15) is 0 Å². The van der Waals surface area contributed by atoms with Crippen LogP contribution in [-0.4, -0.2) is 40.2 Å². The Kier molecular flexibility index (Phi) is 8.07. The first-order valence-corrected chi connectivity index (χ1v) is 11.8. The number of furan rings is 1. The predicted molar refractivity (Wildman–Crippen MR) is 121 cm³/mol. The van der Waals surface area contributed by atoms with E-state index in [2.05, 4.69) is 20.9 Å². The van der Waals surface area contributed by atoms with Crippen molar-refractivity contribution < 1.29 is 13.4 Å². The zero-order valence-corrected chi connectivity index (χ0v) is 18.3. The van der Waals surface area contributed by atoms with Crippen molar-refractivity contribution in [3.05, 3.63) is 54.0 Å². The van der Waals surface area contributed by atoms with Crippen LogP contribution in [0.2, 0.25) is 0 Å². The molecule has 1 aliphatic rings. The van der Waals surface area contributed by atoms with Crippen molar-refractivity contribution in [2.24, 2.45) is 4.99 Å². The van der Waals surface area contributed by atoms with Crippen LogP contribution < -0.4 is 16.0 Å². The zero-order valence-electron chi connectivity index (χ0n) is 17.5. The van der Waals surface area contributed by atoms with Gasteiger partial charge >= 0.3 is 0 Å². The Morgan fingerprint density at radius 3 is 2.70 bits per heavy atom. The molecule has 0 spiro atoms. The maximum Gasteiger partial charge on any atom is 0.291 e. The van der Waals surface area contributed by atoms with Gasteiger partial charge in [0.25, 0.3) is 5.91 Å². The summed E-state index contributed by atoms with van der Waals surface area (Å²) in [5.74, 6) is 1.48. The van der Waals surface area contributed by atoms with E-state index in [1.54, 1.807) is 19.2 Å². The van der Waals surface area contributed by atoms with Gasteiger partial charge in [-0.05, 0) is 49.1 Å². The molecule has 30 heavy (non-hydrogen) atoms. The molecule has 2 aromatic rings. The Morgan fingerprint density at radius 1 is 1.23 bits per heavy atom. The maximum atomic E-state index is 12.1. The van der Waals surface area contributed by atoms with E-state index in [0.29, 0.717) is 18.3 Å². The Morgan fingerprint density at radius 2 is 2.03 bits per heavy atom. The third-order valence-electron chi connectivity index (χ3n) is 5.26. The molecule has 1 aromatic heterocycles. The van der Waals surface area contributed by atoms with Gasteiger partial charge in [0.15, 0.2) is 11.7 Å². The maximum absolute atomic E-state index is 12.1. The van der Waals surface area contributed by atoms with Crippen LogP contribution in [-0.2, 0) is 17.3 Å². The molecule has 8 heteroatoms. The fourth-order valence-corrected chi connectivity index (χ4v) is 4.98. The standard InChI is InChI=1S/C22H30N4O3S/c1-3-30(28)19-7-4-6-18(14-19)26-22(23-2)24-15-16-9-11-17(12-10-16)25-21(27)20-8-5-13-29-20/h5,8-13,18-19H,3-4,6-7,14-15H2,1-2H3,(H,25,27)(H2,23,24,26). The number of amides is 1. The minimum Gasteiger partial charge on any atom is -0.459 e. The molecule has 162 valence electrons. The number of rotatable bonds is 7. The van der Waals surface area contributed by atoms with E-state index in [1.807, 2.05) is 31.2 Å². The van der Waals surface area contributed by atoms with Gasteiger partial charge in [0.1, 0.15) is 0 Å². The van der Waals surface area contributed by atoms with Crippen LogP contribution in [0.25, 0.3) is 0 Å². The first kappa shape index (κ1) is 22.1. The molecule has 3 N–H and O–H groups in total. The third kappa shape index (κ3) is 6.19. The van der Waals surface area contributed by atoms with Gasteiger partial charge in [-0.1, -0.05) is 25.5 Å². The average molecular weight is 431 g/mol. The molecule has 1 saturated carbocycles. The van der Waals surface area contributed by atoms with Gasteiger partial charge in [0.05, 0.1) is 6.26 Å². The SMILES string of the molecule is CCS(=O)C1CCCC(NC(=NC)NCc2ccc(NC(=O)c3ccco3)cc2)C1. The van der Waals surface area contributed by atoms with Crippen LogP contribution in [0.4, 0.5) is 5.69 Å². The number of nitrogens with one attached hydrogen (secondary N) is 3. The molecule has 1 aromatic carbocycles. The van der Waals surface area contributed by atoms with E-state index in [1.165, 1.54) is 6.26 Å². The second kappa shape index (κ2) is 11.0. The highest BCUT2D eigenvalue weighted by Crippen LogP contribution is 2.23. The average Bonchev–Trinajstić information content (AvgIpc) is 3.32. The summed E-state index contributed by atoms with van der Waals surface area (Å²) in [6.07, 6.45) is 5.61. The highest BCUT2D eigenvalue weighted by Gasteiger charge is 2.26. The lowest BCUT2D eigenvalue weighted by Crippen LogP contribution is -2.46. The number of hydrogen-bond donors (Lipinski definition) is 3. The molecule has 0 radical (unpaired) electrons. The normalized spacial score (nSPS) is 20.4. The van der Waals surface area contributed by atoms with Crippen LogP contribution in [0.5, 0.6) is 0 Å². The summed E-state index contributed by atoms with van der Waals surface area (Å²) in [6, 6.07) is 11.2. The van der Waals surface area contributed by atoms with Crippen molar-refractivity contribution in [2.45, 2.75) is 50.4 Å². The first-order valence-electron chi connectivity index (χ1n) is 10.4. The van der Waals surface area contributed by atoms with E-state index in [-0.39, 0.29) is 16.9 Å². The van der Waals surface area contributed by atoms with Crippen LogP contribution in [0.1, 0.15) is 48.7 Å². The molecule has 0 aliphatic heterocycles. The van der Waals surface area contributed by atoms with E-state index in [0.717, 1.165) is 43.0 Å². The largest absolute Gasteiger partial charge is 0.459 e. The number of aliphatic imine (C=N–C) groups is 1. The predicted octanol–water partition coefficient (Wildman–Crippen LogP) is 3.28. The summed E-state index contributed by atoms with van der Waals surface area (Å²) in [5, 5.41) is 9.90. The van der Waals surface area contributed by atoms with Gasteiger partial charge in [0.2, 0.25) is 0 Å². The molecular formula is C22H30N4O3S. The third-order valence-corrected chi connectivity index (χ3v) is 7.00. The molecule has 0 saturated heterocycles. The molecule has 0 bridgehead atoms. The monoisotopic (exact) mass is 430 g/mol. The Balaban J connectivity index is 1.47. The molecular weight excluding hydrogens is 400 g/mol. The van der Waals surface area contributed by atoms with Crippen molar-refractivity contribution in [3.8, 4) is 0 Å². The number of anilines is 1. The molecule has 1 fully saturated rings. The minimum absolute atomic E-state index is 0.273. The van der Waals surface area contributed by atoms with E-state index in [9.17, 15) is 9.00 Å². The first-order chi connectivity index (χ1) is 14.6. The fraction of sp³-hybridized carbons (Fsp3) is 0.455. The van der Waals surface area contributed by atoms with E-state index < -0.39 is 10.8 Å². The van der Waals surface area contributed by atoms with Crippen LogP contribution in [0.3, 0.4) is 0 Å². The van der Waals surface area contributed by atoms with Crippen LogP contribution in [0, 0.1) is 0 Å². The lowest BCUT2D eigenvalue weighted by atomic mass is 9.95. The molecule has 1 heterocycles. The van der Waals surface area contributed by atoms with Gasteiger partial charge in [-0.15, -0.1) is 0 Å². The smallest absolute Gasteiger partial charge is 0.291 e. The number of carbonyl (C=O) groups is 1. The summed E-state index contributed by atoms with van der Waals surface area (Å²) in [5.41, 5.74) is 1.78. The number of benzene rings is 1. The second-order valence-electron chi connectivity index (χ2n) is 7.35. The van der Waals surface area contributed by atoms with Gasteiger partial charge in [-0.3, -0.25) is 14.0 Å². The Labute approximate surface area is 180 Å². The number of hydrogen-bond acceptors (Lipinski definition) is 4. The summed E-state index contributed by atoms with van der Waals surface area (Å²) >= 11 is 0. The Bertz CT molecular complexity index is 865. The van der Waals surface area contributed by atoms with E-state index in [4.69, 9.17) is 4.42 Å².